The van der Waals surface area contributed by atoms with E-state index in [4.69, 9.17) is 5.73 Å². The molecule has 1 amide bonds. The Morgan fingerprint density at radius 2 is 1.86 bits per heavy atom. The van der Waals surface area contributed by atoms with Crippen molar-refractivity contribution >= 4 is 21.4 Å². The minimum Gasteiger partial charge on any atom is -0.397 e. The maximum absolute atomic E-state index is 13.3. The van der Waals surface area contributed by atoms with E-state index in [1.165, 1.54) is 48.7 Å². The molecule has 188 valence electrons. The Hall–Kier alpha value is -4.49. The van der Waals surface area contributed by atoms with E-state index in [9.17, 15) is 17.6 Å². The number of anilines is 1. The van der Waals surface area contributed by atoms with Gasteiger partial charge in [0.25, 0.3) is 5.91 Å². The molecule has 0 aliphatic carbocycles. The van der Waals surface area contributed by atoms with Gasteiger partial charge in [-0.15, -0.1) is 0 Å². The molecular weight excluding hydrogens is 493 g/mol. The molecule has 0 aliphatic heterocycles. The normalized spacial score (nSPS) is 10.9. The van der Waals surface area contributed by atoms with Crippen molar-refractivity contribution in [2.45, 2.75) is 23.5 Å². The van der Waals surface area contributed by atoms with Gasteiger partial charge in [-0.3, -0.25) is 14.9 Å². The first-order valence-electron chi connectivity index (χ1n) is 11.4. The highest BCUT2D eigenvalue weighted by atomic mass is 32.2. The summed E-state index contributed by atoms with van der Waals surface area (Å²) in [6.45, 7) is 0.434. The van der Waals surface area contributed by atoms with Crippen molar-refractivity contribution in [2.75, 3.05) is 12.3 Å². The summed E-state index contributed by atoms with van der Waals surface area (Å²) >= 11 is 0. The first-order chi connectivity index (χ1) is 17.8. The summed E-state index contributed by atoms with van der Waals surface area (Å²) < 4.78 is 39.8. The van der Waals surface area contributed by atoms with Gasteiger partial charge in [-0.1, -0.05) is 11.8 Å². The topological polar surface area (TPSA) is 131 Å². The van der Waals surface area contributed by atoms with Crippen LogP contribution in [0.2, 0.25) is 0 Å². The summed E-state index contributed by atoms with van der Waals surface area (Å²) in [5.41, 5.74) is 8.37. The molecular formula is C27H24FN5O3S. The molecule has 0 fully saturated rings. The van der Waals surface area contributed by atoms with Gasteiger partial charge >= 0.3 is 0 Å². The van der Waals surface area contributed by atoms with Gasteiger partial charge < -0.3 is 11.1 Å². The Labute approximate surface area is 214 Å². The summed E-state index contributed by atoms with van der Waals surface area (Å²) in [7, 11) is -3.86. The smallest absolute Gasteiger partial charge is 0.251 e. The number of hydrogen-bond acceptors (Lipinski definition) is 6. The number of sulfone groups is 1. The highest BCUT2D eigenvalue weighted by Crippen LogP contribution is 2.22. The highest BCUT2D eigenvalue weighted by Gasteiger charge is 2.21. The lowest BCUT2D eigenvalue weighted by Gasteiger charge is -2.10. The number of rotatable bonds is 8. The van der Waals surface area contributed by atoms with Crippen LogP contribution in [0, 0.1) is 17.7 Å². The lowest BCUT2D eigenvalue weighted by atomic mass is 10.1. The average Bonchev–Trinajstić information content (AvgIpc) is 3.41. The van der Waals surface area contributed by atoms with Crippen LogP contribution in [0.3, 0.4) is 0 Å². The zero-order valence-electron chi connectivity index (χ0n) is 19.7. The number of nitrogens with one attached hydrogen (secondary N) is 2. The molecule has 4 N–H and O–H groups in total. The van der Waals surface area contributed by atoms with Crippen molar-refractivity contribution in [2.24, 2.45) is 0 Å². The van der Waals surface area contributed by atoms with Gasteiger partial charge in [0.2, 0.25) is 0 Å². The van der Waals surface area contributed by atoms with E-state index < -0.39 is 15.7 Å². The molecule has 2 aromatic carbocycles. The maximum atomic E-state index is 13.3. The molecule has 0 saturated heterocycles. The van der Waals surface area contributed by atoms with Crippen LogP contribution in [0.4, 0.5) is 10.1 Å². The number of pyridine rings is 1. The van der Waals surface area contributed by atoms with Gasteiger partial charge in [0, 0.05) is 29.4 Å². The monoisotopic (exact) mass is 517 g/mol. The van der Waals surface area contributed by atoms with Crippen LogP contribution in [-0.2, 0) is 22.0 Å². The van der Waals surface area contributed by atoms with Gasteiger partial charge in [-0.05, 0) is 73.0 Å². The van der Waals surface area contributed by atoms with E-state index in [0.29, 0.717) is 29.9 Å². The number of aryl methyl sites for hydroxylation is 1. The number of nitrogens with zero attached hydrogens (tertiary/aromatic N) is 2. The molecule has 4 rings (SSSR count). The number of nitrogens with two attached hydrogens (primary N) is 1. The molecule has 0 atom stereocenters. The van der Waals surface area contributed by atoms with Crippen molar-refractivity contribution in [3.63, 3.8) is 0 Å². The Bertz CT molecular complexity index is 1540. The van der Waals surface area contributed by atoms with Crippen molar-refractivity contribution in [3.8, 4) is 11.8 Å². The van der Waals surface area contributed by atoms with E-state index in [1.54, 1.807) is 24.5 Å². The number of aromatic nitrogens is 3. The number of nitrogen functional groups attached to an aromatic ring is 1. The Morgan fingerprint density at radius 1 is 1.05 bits per heavy atom. The molecule has 0 aliphatic rings. The van der Waals surface area contributed by atoms with Crippen molar-refractivity contribution in [1.82, 2.24) is 20.5 Å². The number of hydrogen-bond donors (Lipinski definition) is 3. The van der Waals surface area contributed by atoms with Gasteiger partial charge in [-0.25, -0.2) is 12.8 Å². The molecule has 37 heavy (non-hydrogen) atoms. The van der Waals surface area contributed by atoms with Gasteiger partial charge in [0.1, 0.15) is 5.82 Å². The number of carbonyl (C=O) groups is 1. The molecule has 8 nitrogen and oxygen atoms in total. The number of aromatic amines is 1. The highest BCUT2D eigenvalue weighted by molar-refractivity contribution is 7.90. The summed E-state index contributed by atoms with van der Waals surface area (Å²) in [4.78, 5) is 16.8. The number of benzene rings is 2. The first kappa shape index (κ1) is 25.6. The predicted octanol–water partition coefficient (Wildman–Crippen LogP) is 3.26. The Morgan fingerprint density at radius 3 is 2.57 bits per heavy atom. The fourth-order valence-electron chi connectivity index (χ4n) is 3.52. The van der Waals surface area contributed by atoms with E-state index >= 15 is 0 Å². The zero-order chi connectivity index (χ0) is 26.3. The summed E-state index contributed by atoms with van der Waals surface area (Å²) in [6.07, 6.45) is 6.38. The third kappa shape index (κ3) is 7.02. The van der Waals surface area contributed by atoms with Crippen LogP contribution < -0.4 is 11.1 Å². The summed E-state index contributed by atoms with van der Waals surface area (Å²) in [5.74, 6) is 4.59. The fraction of sp³-hybridized carbons (Fsp3) is 0.148. The quantitative estimate of drug-likeness (QED) is 0.243. The van der Waals surface area contributed by atoms with Crippen molar-refractivity contribution < 1.29 is 17.6 Å². The van der Waals surface area contributed by atoms with Crippen LogP contribution in [0.15, 0.2) is 78.1 Å². The molecule has 2 heterocycles. The largest absolute Gasteiger partial charge is 0.397 e. The third-order valence-corrected chi connectivity index (χ3v) is 7.13. The number of H-pyrrole nitrogens is 1. The van der Waals surface area contributed by atoms with E-state index in [1.807, 2.05) is 0 Å². The standard InChI is InChI=1S/C27H24FN5O3S/c28-23-8-4-19(5-9-23)3-6-21-14-22(27(34)30-13-1-2-20-15-32-33-16-20)7-12-26(21)37(35,36)18-25-11-10-24(29)17-31-25/h4-5,7-12,14-17H,1-2,13,18,29H2,(H,30,34)(H,32,33). The van der Waals surface area contributed by atoms with Crippen LogP contribution in [0.25, 0.3) is 0 Å². The van der Waals surface area contributed by atoms with Gasteiger partial charge in [0.05, 0.1) is 34.4 Å². The summed E-state index contributed by atoms with van der Waals surface area (Å²) in [5, 5.41) is 9.48. The maximum Gasteiger partial charge on any atom is 0.251 e. The van der Waals surface area contributed by atoms with Crippen molar-refractivity contribution in [1.29, 1.82) is 0 Å². The zero-order valence-corrected chi connectivity index (χ0v) is 20.6. The summed E-state index contributed by atoms with van der Waals surface area (Å²) in [6, 6.07) is 12.9. The van der Waals surface area contributed by atoms with Crippen LogP contribution in [0.5, 0.6) is 0 Å². The fourth-order valence-corrected chi connectivity index (χ4v) is 4.95. The van der Waals surface area contributed by atoms with Crippen molar-refractivity contribution in [3.05, 3.63) is 107 Å². The molecule has 0 saturated carbocycles. The molecule has 0 bridgehead atoms. The number of halogens is 1. The number of amides is 1. The predicted molar refractivity (Wildman–Crippen MR) is 138 cm³/mol. The molecule has 2 aromatic heterocycles. The van der Waals surface area contributed by atoms with Crippen LogP contribution in [-0.4, -0.2) is 36.1 Å². The SMILES string of the molecule is Nc1ccc(CS(=O)(=O)c2ccc(C(=O)NCCCc3cn[nH]c3)cc2C#Cc2ccc(F)cc2)nc1. The number of carbonyl (C=O) groups excluding carboxylic acids is 1. The average molecular weight is 518 g/mol. The first-order valence-corrected chi connectivity index (χ1v) is 13.1. The molecule has 4 aromatic rings. The minimum atomic E-state index is -3.86. The second-order valence-corrected chi connectivity index (χ2v) is 10.2. The van der Waals surface area contributed by atoms with Crippen LogP contribution >= 0.6 is 0 Å². The van der Waals surface area contributed by atoms with E-state index in [0.717, 1.165) is 12.0 Å². The molecule has 0 spiro atoms. The second-order valence-electron chi connectivity index (χ2n) is 8.28. The van der Waals surface area contributed by atoms with E-state index in [2.05, 4.69) is 32.3 Å². The second kappa shape index (κ2) is 11.5. The Kier molecular flexibility index (Phi) is 7.95. The van der Waals surface area contributed by atoms with E-state index in [-0.39, 0.29) is 27.7 Å². The molecule has 0 unspecified atom stereocenters. The van der Waals surface area contributed by atoms with Crippen LogP contribution in [0.1, 0.15) is 39.2 Å². The van der Waals surface area contributed by atoms with Gasteiger partial charge in [0.15, 0.2) is 9.84 Å². The molecule has 0 radical (unpaired) electrons. The van der Waals surface area contributed by atoms with Gasteiger partial charge in [-0.2, -0.15) is 5.10 Å². The molecule has 10 heteroatoms. The lowest BCUT2D eigenvalue weighted by Crippen LogP contribution is -2.25. The lowest BCUT2D eigenvalue weighted by molar-refractivity contribution is 0.0953. The third-order valence-electron chi connectivity index (χ3n) is 5.43. The minimum absolute atomic E-state index is 0.0303. The Balaban J connectivity index is 1.59.